The van der Waals surface area contributed by atoms with Crippen LogP contribution in [0.25, 0.3) is 0 Å². The van der Waals surface area contributed by atoms with Crippen LogP contribution in [0.1, 0.15) is 33.6 Å². The molecule has 1 rings (SSSR count). The zero-order chi connectivity index (χ0) is 12.9. The van der Waals surface area contributed by atoms with E-state index in [4.69, 9.17) is 10.00 Å². The molecule has 5 nitrogen and oxygen atoms in total. The molecule has 96 valence electrons. The van der Waals surface area contributed by atoms with E-state index in [-0.39, 0.29) is 6.04 Å². The van der Waals surface area contributed by atoms with E-state index in [1.165, 1.54) is 0 Å². The number of carbonyl (C=O) groups is 1. The van der Waals surface area contributed by atoms with Crippen LogP contribution in [0.15, 0.2) is 0 Å². The minimum atomic E-state index is -0.505. The molecule has 0 aromatic rings. The lowest BCUT2D eigenvalue weighted by atomic mass is 9.97. The Morgan fingerprint density at radius 1 is 1.65 bits per heavy atom. The minimum Gasteiger partial charge on any atom is -0.444 e. The lowest BCUT2D eigenvalue weighted by Gasteiger charge is -2.25. The van der Waals surface area contributed by atoms with Gasteiger partial charge in [0.25, 0.3) is 0 Å². The van der Waals surface area contributed by atoms with Gasteiger partial charge in [-0.25, -0.2) is 4.79 Å². The van der Waals surface area contributed by atoms with Gasteiger partial charge < -0.3 is 15.4 Å². The molecule has 1 aliphatic rings. The van der Waals surface area contributed by atoms with Gasteiger partial charge in [-0.3, -0.25) is 0 Å². The normalized spacial score (nSPS) is 21.6. The van der Waals surface area contributed by atoms with Gasteiger partial charge in [-0.15, -0.1) is 0 Å². The predicted octanol–water partition coefficient (Wildman–Crippen LogP) is 1.40. The Hall–Kier alpha value is -1.28. The number of ether oxygens (including phenoxy) is 1. The molecule has 0 aliphatic carbocycles. The first-order chi connectivity index (χ1) is 7.92. The fourth-order valence-electron chi connectivity index (χ4n) is 1.91. The van der Waals surface area contributed by atoms with Crippen LogP contribution >= 0.6 is 0 Å². The first-order valence-corrected chi connectivity index (χ1v) is 5.99. The average molecular weight is 239 g/mol. The van der Waals surface area contributed by atoms with Crippen LogP contribution < -0.4 is 10.6 Å². The van der Waals surface area contributed by atoms with Crippen LogP contribution in [0.2, 0.25) is 0 Å². The van der Waals surface area contributed by atoms with Gasteiger partial charge in [0.15, 0.2) is 0 Å². The van der Waals surface area contributed by atoms with Gasteiger partial charge in [0.1, 0.15) is 5.60 Å². The van der Waals surface area contributed by atoms with Gasteiger partial charge in [0.05, 0.1) is 12.5 Å². The smallest absolute Gasteiger partial charge is 0.407 e. The minimum absolute atomic E-state index is 0.121. The van der Waals surface area contributed by atoms with Gasteiger partial charge in [-0.05, 0) is 46.2 Å². The molecule has 1 fully saturated rings. The number of nitrogens with zero attached hydrogens (tertiary/aromatic N) is 1. The molecule has 1 aliphatic heterocycles. The number of hydrogen-bond donors (Lipinski definition) is 2. The van der Waals surface area contributed by atoms with E-state index in [2.05, 4.69) is 16.7 Å². The maximum absolute atomic E-state index is 11.6. The zero-order valence-electron chi connectivity index (χ0n) is 10.7. The van der Waals surface area contributed by atoms with Crippen molar-refractivity contribution in [3.05, 3.63) is 0 Å². The molecule has 2 N–H and O–H groups in total. The molecule has 2 atom stereocenters. The highest BCUT2D eigenvalue weighted by Gasteiger charge is 2.27. The number of alkyl carbamates (subject to hydrolysis) is 1. The second kappa shape index (κ2) is 5.87. The van der Waals surface area contributed by atoms with E-state index < -0.39 is 11.7 Å². The molecule has 0 aromatic carbocycles. The highest BCUT2D eigenvalue weighted by atomic mass is 16.6. The van der Waals surface area contributed by atoms with Crippen molar-refractivity contribution in [2.75, 3.05) is 13.1 Å². The quantitative estimate of drug-likeness (QED) is 0.780. The number of amides is 1. The van der Waals surface area contributed by atoms with E-state index in [9.17, 15) is 4.79 Å². The molecule has 0 radical (unpaired) electrons. The summed E-state index contributed by atoms with van der Waals surface area (Å²) in [6.45, 7) is 7.26. The van der Waals surface area contributed by atoms with Gasteiger partial charge in [-0.1, -0.05) is 0 Å². The van der Waals surface area contributed by atoms with Crippen LogP contribution in [0.4, 0.5) is 4.79 Å². The fraction of sp³-hybridized carbons (Fsp3) is 0.833. The summed E-state index contributed by atoms with van der Waals surface area (Å²) < 4.78 is 5.19. The molecule has 1 heterocycles. The van der Waals surface area contributed by atoms with Gasteiger partial charge in [0.2, 0.25) is 0 Å². The van der Waals surface area contributed by atoms with E-state index in [0.717, 1.165) is 19.5 Å². The maximum atomic E-state index is 11.6. The molecule has 0 unspecified atom stereocenters. The highest BCUT2D eigenvalue weighted by Crippen LogP contribution is 2.16. The predicted molar refractivity (Wildman–Crippen MR) is 64.4 cm³/mol. The molecule has 0 aromatic heterocycles. The number of rotatable bonds is 3. The monoisotopic (exact) mass is 239 g/mol. The van der Waals surface area contributed by atoms with Crippen LogP contribution in [0, 0.1) is 17.2 Å². The Morgan fingerprint density at radius 3 is 2.82 bits per heavy atom. The molecular weight excluding hydrogens is 218 g/mol. The van der Waals surface area contributed by atoms with Crippen molar-refractivity contribution < 1.29 is 9.53 Å². The molecular formula is C12H21N3O2. The standard InChI is InChI=1S/C12H21N3O2/c1-12(2,3)17-11(16)15-10(4-6-13)9-5-7-14-8-9/h9-10,14H,4-5,7-8H2,1-3H3,(H,15,16)/t9-,10+/m1/s1. The van der Waals surface area contributed by atoms with Crippen LogP contribution in [0.5, 0.6) is 0 Å². The summed E-state index contributed by atoms with van der Waals surface area (Å²) >= 11 is 0. The molecule has 1 saturated heterocycles. The summed E-state index contributed by atoms with van der Waals surface area (Å²) in [4.78, 5) is 11.6. The fourth-order valence-corrected chi connectivity index (χ4v) is 1.91. The van der Waals surface area contributed by atoms with Crippen LogP contribution in [0.3, 0.4) is 0 Å². The third-order valence-electron chi connectivity index (χ3n) is 2.68. The Balaban J connectivity index is 2.49. The van der Waals surface area contributed by atoms with Crippen molar-refractivity contribution in [2.24, 2.45) is 5.92 Å². The largest absolute Gasteiger partial charge is 0.444 e. The summed E-state index contributed by atoms with van der Waals surface area (Å²) in [6, 6.07) is 1.99. The number of carbonyl (C=O) groups excluding carboxylic acids is 1. The Labute approximate surface area is 103 Å². The van der Waals surface area contributed by atoms with E-state index in [1.54, 1.807) is 0 Å². The zero-order valence-corrected chi connectivity index (χ0v) is 10.7. The maximum Gasteiger partial charge on any atom is 0.407 e. The summed E-state index contributed by atoms with van der Waals surface area (Å²) in [5.74, 6) is 0.321. The summed E-state index contributed by atoms with van der Waals surface area (Å²) in [7, 11) is 0. The van der Waals surface area contributed by atoms with Gasteiger partial charge in [-0.2, -0.15) is 5.26 Å². The average Bonchev–Trinajstić information content (AvgIpc) is 2.66. The summed E-state index contributed by atoms with van der Waals surface area (Å²) in [5.41, 5.74) is -0.505. The van der Waals surface area contributed by atoms with E-state index in [1.807, 2.05) is 20.8 Å². The third-order valence-corrected chi connectivity index (χ3v) is 2.68. The Bertz CT molecular complexity index is 298. The molecule has 1 amide bonds. The Morgan fingerprint density at radius 2 is 2.35 bits per heavy atom. The van der Waals surface area contributed by atoms with Crippen molar-refractivity contribution in [3.8, 4) is 6.07 Å². The molecule has 17 heavy (non-hydrogen) atoms. The van der Waals surface area contributed by atoms with Gasteiger partial charge in [0, 0.05) is 6.04 Å². The van der Waals surface area contributed by atoms with Crippen molar-refractivity contribution >= 4 is 6.09 Å². The third kappa shape index (κ3) is 5.05. The van der Waals surface area contributed by atoms with Crippen LogP contribution in [-0.2, 0) is 4.74 Å². The van der Waals surface area contributed by atoms with Crippen molar-refractivity contribution in [3.63, 3.8) is 0 Å². The first-order valence-electron chi connectivity index (χ1n) is 5.99. The van der Waals surface area contributed by atoms with Crippen molar-refractivity contribution in [1.82, 2.24) is 10.6 Å². The topological polar surface area (TPSA) is 74.1 Å². The second-order valence-corrected chi connectivity index (χ2v) is 5.37. The number of hydrogen-bond acceptors (Lipinski definition) is 4. The summed E-state index contributed by atoms with van der Waals surface area (Å²) in [5, 5.41) is 14.8. The molecule has 0 spiro atoms. The van der Waals surface area contributed by atoms with Gasteiger partial charge >= 0.3 is 6.09 Å². The molecule has 0 bridgehead atoms. The SMILES string of the molecule is CC(C)(C)OC(=O)N[C@@H](CC#N)[C@@H]1CCNC1. The lowest BCUT2D eigenvalue weighted by molar-refractivity contribution is 0.0489. The van der Waals surface area contributed by atoms with Crippen molar-refractivity contribution in [1.29, 1.82) is 5.26 Å². The number of nitriles is 1. The van der Waals surface area contributed by atoms with E-state index in [0.29, 0.717) is 12.3 Å². The molecule has 5 heteroatoms. The van der Waals surface area contributed by atoms with E-state index >= 15 is 0 Å². The molecule has 0 saturated carbocycles. The summed E-state index contributed by atoms with van der Waals surface area (Å²) in [6.07, 6.45) is 0.873. The highest BCUT2D eigenvalue weighted by molar-refractivity contribution is 5.68. The Kier molecular flexibility index (Phi) is 4.76. The lowest BCUT2D eigenvalue weighted by Crippen LogP contribution is -2.43. The van der Waals surface area contributed by atoms with Crippen LogP contribution in [-0.4, -0.2) is 30.8 Å². The number of nitrogens with one attached hydrogen (secondary N) is 2. The first kappa shape index (κ1) is 13.8. The second-order valence-electron chi connectivity index (χ2n) is 5.37. The van der Waals surface area contributed by atoms with Crippen molar-refractivity contribution in [2.45, 2.75) is 45.3 Å².